The number of nitrogens with zero attached hydrogens (tertiary/aromatic N) is 4. The minimum absolute atomic E-state index is 0.0814. The summed E-state index contributed by atoms with van der Waals surface area (Å²) in [5, 5.41) is 6.81. The molecule has 0 saturated heterocycles. The Hall–Kier alpha value is -3.04. The van der Waals surface area contributed by atoms with Gasteiger partial charge in [-0.3, -0.25) is 4.79 Å². The van der Waals surface area contributed by atoms with E-state index in [2.05, 4.69) is 15.4 Å². The largest absolute Gasteiger partial charge is 0.322 e. The Morgan fingerprint density at radius 3 is 2.46 bits per heavy atom. The Morgan fingerprint density at radius 2 is 1.86 bits per heavy atom. The maximum atomic E-state index is 12.6. The molecule has 0 saturated carbocycles. The van der Waals surface area contributed by atoms with Gasteiger partial charge in [0, 0.05) is 24.3 Å². The van der Waals surface area contributed by atoms with Crippen molar-refractivity contribution < 1.29 is 13.2 Å². The number of benzene rings is 2. The summed E-state index contributed by atoms with van der Waals surface area (Å²) in [4.78, 5) is 16.5. The summed E-state index contributed by atoms with van der Waals surface area (Å²) in [7, 11) is -2.14. The van der Waals surface area contributed by atoms with E-state index >= 15 is 0 Å². The Labute approximate surface area is 163 Å². The molecule has 146 valence electrons. The van der Waals surface area contributed by atoms with Gasteiger partial charge in [-0.15, -0.1) is 0 Å². The zero-order chi connectivity index (χ0) is 20.3. The van der Waals surface area contributed by atoms with Crippen LogP contribution in [0.2, 0.25) is 0 Å². The molecule has 0 aliphatic heterocycles. The number of anilines is 1. The first-order chi connectivity index (χ1) is 13.3. The second-order valence-electron chi connectivity index (χ2n) is 6.48. The van der Waals surface area contributed by atoms with E-state index in [9.17, 15) is 13.2 Å². The van der Waals surface area contributed by atoms with Gasteiger partial charge >= 0.3 is 0 Å². The number of rotatable bonds is 6. The molecule has 9 heteroatoms. The zero-order valence-electron chi connectivity index (χ0n) is 15.8. The molecular formula is C19H21N5O3S. The highest BCUT2D eigenvalue weighted by atomic mass is 32.2. The summed E-state index contributed by atoms with van der Waals surface area (Å²) in [5.74, 6) is -0.391. The standard InChI is InChI=1S/C19H21N5O3S/c1-14(2)23(3)28(26,27)18-6-4-5-15(11-18)19(25)22-16-7-9-17(10-8-16)24-13-20-12-21-24/h4-14H,1-3H3,(H,22,25). The molecule has 0 radical (unpaired) electrons. The molecule has 0 fully saturated rings. The maximum Gasteiger partial charge on any atom is 0.255 e. The van der Waals surface area contributed by atoms with Gasteiger partial charge in [-0.05, 0) is 56.3 Å². The highest BCUT2D eigenvalue weighted by Crippen LogP contribution is 2.19. The summed E-state index contributed by atoms with van der Waals surface area (Å²) < 4.78 is 28.1. The lowest BCUT2D eigenvalue weighted by Crippen LogP contribution is -2.33. The smallest absolute Gasteiger partial charge is 0.255 e. The molecule has 1 heterocycles. The highest BCUT2D eigenvalue weighted by Gasteiger charge is 2.23. The third-order valence-corrected chi connectivity index (χ3v) is 6.34. The maximum absolute atomic E-state index is 12.6. The number of carbonyl (C=O) groups is 1. The second-order valence-corrected chi connectivity index (χ2v) is 8.48. The summed E-state index contributed by atoms with van der Waals surface area (Å²) in [5.41, 5.74) is 1.65. The van der Waals surface area contributed by atoms with Gasteiger partial charge in [0.2, 0.25) is 10.0 Å². The van der Waals surface area contributed by atoms with Gasteiger partial charge in [0.25, 0.3) is 5.91 Å². The summed E-state index contributed by atoms with van der Waals surface area (Å²) in [6.07, 6.45) is 3.02. The van der Waals surface area contributed by atoms with Crippen LogP contribution in [0.5, 0.6) is 0 Å². The summed E-state index contributed by atoms with van der Waals surface area (Å²) in [6, 6.07) is 12.9. The minimum atomic E-state index is -3.66. The predicted molar refractivity (Wildman–Crippen MR) is 106 cm³/mol. The van der Waals surface area contributed by atoms with Gasteiger partial charge in [-0.25, -0.2) is 18.1 Å². The van der Waals surface area contributed by atoms with Crippen molar-refractivity contribution in [2.24, 2.45) is 0 Å². The van der Waals surface area contributed by atoms with Crippen LogP contribution in [0.1, 0.15) is 24.2 Å². The lowest BCUT2D eigenvalue weighted by atomic mass is 10.2. The van der Waals surface area contributed by atoms with E-state index in [1.54, 1.807) is 61.3 Å². The third kappa shape index (κ3) is 4.10. The van der Waals surface area contributed by atoms with E-state index in [0.717, 1.165) is 5.69 Å². The van der Waals surface area contributed by atoms with Crippen LogP contribution in [-0.4, -0.2) is 46.5 Å². The molecule has 2 aromatic carbocycles. The van der Waals surface area contributed by atoms with Gasteiger partial charge in [0.15, 0.2) is 0 Å². The normalized spacial score (nSPS) is 11.8. The third-order valence-electron chi connectivity index (χ3n) is 4.31. The molecular weight excluding hydrogens is 378 g/mol. The van der Waals surface area contributed by atoms with Crippen LogP contribution in [-0.2, 0) is 10.0 Å². The number of hydrogen-bond acceptors (Lipinski definition) is 5. The lowest BCUT2D eigenvalue weighted by molar-refractivity contribution is 0.102. The fraction of sp³-hybridized carbons (Fsp3) is 0.211. The number of hydrogen-bond donors (Lipinski definition) is 1. The quantitative estimate of drug-likeness (QED) is 0.687. The molecule has 0 spiro atoms. The predicted octanol–water partition coefficient (Wildman–Crippen LogP) is 2.55. The van der Waals surface area contributed by atoms with Crippen molar-refractivity contribution in [3.8, 4) is 5.69 Å². The molecule has 1 N–H and O–H groups in total. The Kier molecular flexibility index (Phi) is 5.57. The van der Waals surface area contributed by atoms with Crippen LogP contribution >= 0.6 is 0 Å². The molecule has 1 aromatic heterocycles. The van der Waals surface area contributed by atoms with Crippen molar-refractivity contribution in [2.75, 3.05) is 12.4 Å². The van der Waals surface area contributed by atoms with Crippen molar-refractivity contribution in [2.45, 2.75) is 24.8 Å². The Balaban J connectivity index is 1.78. The minimum Gasteiger partial charge on any atom is -0.322 e. The molecule has 0 unspecified atom stereocenters. The summed E-state index contributed by atoms with van der Waals surface area (Å²) in [6.45, 7) is 3.58. The fourth-order valence-electron chi connectivity index (χ4n) is 2.48. The molecule has 0 atom stereocenters. The fourth-order valence-corrected chi connectivity index (χ4v) is 3.90. The van der Waals surface area contributed by atoms with E-state index in [1.165, 1.54) is 29.8 Å². The topological polar surface area (TPSA) is 97.2 Å². The van der Waals surface area contributed by atoms with Crippen LogP contribution in [0.15, 0.2) is 66.1 Å². The Morgan fingerprint density at radius 1 is 1.14 bits per heavy atom. The number of sulfonamides is 1. The van der Waals surface area contributed by atoms with Crippen molar-refractivity contribution >= 4 is 21.6 Å². The zero-order valence-corrected chi connectivity index (χ0v) is 16.6. The van der Waals surface area contributed by atoms with Gasteiger partial charge in [-0.1, -0.05) is 6.07 Å². The van der Waals surface area contributed by atoms with E-state index in [0.29, 0.717) is 5.69 Å². The SMILES string of the molecule is CC(C)N(C)S(=O)(=O)c1cccc(C(=O)Nc2ccc(-n3cncn3)cc2)c1. The molecule has 28 heavy (non-hydrogen) atoms. The van der Waals surface area contributed by atoms with Crippen molar-refractivity contribution in [1.82, 2.24) is 19.1 Å². The lowest BCUT2D eigenvalue weighted by Gasteiger charge is -2.21. The van der Waals surface area contributed by atoms with E-state index in [-0.39, 0.29) is 16.5 Å². The summed E-state index contributed by atoms with van der Waals surface area (Å²) >= 11 is 0. The van der Waals surface area contributed by atoms with Crippen LogP contribution < -0.4 is 5.32 Å². The van der Waals surface area contributed by atoms with E-state index in [1.807, 2.05) is 0 Å². The van der Waals surface area contributed by atoms with Crippen LogP contribution in [0, 0.1) is 0 Å². The first kappa shape index (κ1) is 19.7. The number of aromatic nitrogens is 3. The first-order valence-electron chi connectivity index (χ1n) is 8.63. The van der Waals surface area contributed by atoms with Crippen molar-refractivity contribution in [3.05, 3.63) is 66.7 Å². The van der Waals surface area contributed by atoms with Crippen LogP contribution in [0.3, 0.4) is 0 Å². The second kappa shape index (κ2) is 7.91. The van der Waals surface area contributed by atoms with Crippen LogP contribution in [0.25, 0.3) is 5.69 Å². The van der Waals surface area contributed by atoms with Gasteiger partial charge < -0.3 is 5.32 Å². The molecule has 3 aromatic rings. The average molecular weight is 399 g/mol. The van der Waals surface area contributed by atoms with Crippen molar-refractivity contribution in [1.29, 1.82) is 0 Å². The average Bonchev–Trinajstić information content (AvgIpc) is 3.22. The van der Waals surface area contributed by atoms with Crippen LogP contribution in [0.4, 0.5) is 5.69 Å². The molecule has 0 aliphatic rings. The van der Waals surface area contributed by atoms with Gasteiger partial charge in [-0.2, -0.15) is 9.40 Å². The molecule has 8 nitrogen and oxygen atoms in total. The number of nitrogens with one attached hydrogen (secondary N) is 1. The number of amides is 1. The van der Waals surface area contributed by atoms with E-state index in [4.69, 9.17) is 0 Å². The molecule has 1 amide bonds. The molecule has 0 aliphatic carbocycles. The van der Waals surface area contributed by atoms with Gasteiger partial charge in [0.05, 0.1) is 10.6 Å². The van der Waals surface area contributed by atoms with E-state index < -0.39 is 15.9 Å². The van der Waals surface area contributed by atoms with Gasteiger partial charge in [0.1, 0.15) is 12.7 Å². The highest BCUT2D eigenvalue weighted by molar-refractivity contribution is 7.89. The monoisotopic (exact) mass is 399 g/mol. The number of carbonyl (C=O) groups excluding carboxylic acids is 1. The molecule has 0 bridgehead atoms. The Bertz CT molecular complexity index is 1060. The molecule has 3 rings (SSSR count). The van der Waals surface area contributed by atoms with Crippen molar-refractivity contribution in [3.63, 3.8) is 0 Å². The first-order valence-corrected chi connectivity index (χ1v) is 10.1.